The Bertz CT molecular complexity index is 528. The summed E-state index contributed by atoms with van der Waals surface area (Å²) in [6, 6.07) is 9.95. The molecule has 1 fully saturated rings. The molecule has 4 nitrogen and oxygen atoms in total. The van der Waals surface area contributed by atoms with Crippen molar-refractivity contribution in [1.29, 1.82) is 0 Å². The maximum atomic E-state index is 5.28. The third-order valence-electron chi connectivity index (χ3n) is 3.53. The van der Waals surface area contributed by atoms with Gasteiger partial charge in [-0.15, -0.1) is 0 Å². The lowest BCUT2D eigenvalue weighted by Gasteiger charge is -2.34. The molecule has 1 aliphatic rings. The molecule has 2 aromatic rings. The van der Waals surface area contributed by atoms with Gasteiger partial charge in [0.2, 0.25) is 0 Å². The molecule has 0 atom stereocenters. The Morgan fingerprint density at radius 2 is 2.00 bits per heavy atom. The molecular formula is C16H19N3O. The minimum atomic E-state index is 0.914. The van der Waals surface area contributed by atoms with Crippen molar-refractivity contribution in [3.05, 3.63) is 54.6 Å². The van der Waals surface area contributed by atoms with Crippen LogP contribution in [0.1, 0.15) is 5.76 Å². The zero-order chi connectivity index (χ0) is 13.6. The van der Waals surface area contributed by atoms with Crippen LogP contribution in [0.4, 0.5) is 5.82 Å². The van der Waals surface area contributed by atoms with Crippen LogP contribution in [0.3, 0.4) is 0 Å². The van der Waals surface area contributed by atoms with E-state index in [0.29, 0.717) is 0 Å². The number of pyridine rings is 1. The molecule has 3 heterocycles. The van der Waals surface area contributed by atoms with Gasteiger partial charge in [0, 0.05) is 38.9 Å². The van der Waals surface area contributed by atoms with Gasteiger partial charge in [0.15, 0.2) is 0 Å². The number of piperazine rings is 1. The van der Waals surface area contributed by atoms with Crippen molar-refractivity contribution in [3.63, 3.8) is 0 Å². The summed E-state index contributed by atoms with van der Waals surface area (Å²) in [6.45, 7) is 5.17. The van der Waals surface area contributed by atoms with Gasteiger partial charge in [-0.05, 0) is 30.3 Å². The highest BCUT2D eigenvalue weighted by Gasteiger charge is 2.16. The van der Waals surface area contributed by atoms with Gasteiger partial charge in [-0.2, -0.15) is 0 Å². The van der Waals surface area contributed by atoms with Crippen LogP contribution in [0.5, 0.6) is 0 Å². The summed E-state index contributed by atoms with van der Waals surface area (Å²) in [5.41, 5.74) is 0. The number of furan rings is 1. The highest BCUT2D eigenvalue weighted by Crippen LogP contribution is 2.12. The lowest BCUT2D eigenvalue weighted by Crippen LogP contribution is -2.46. The smallest absolute Gasteiger partial charge is 0.128 e. The Balaban J connectivity index is 1.47. The standard InChI is InChI=1S/C16H19N3O/c1-2-8-17-16(7-1)19-12-10-18(11-13-19)9-3-5-15-6-4-14-20-15/h1-8,14H,9-13H2. The Kier molecular flexibility index (Phi) is 4.13. The summed E-state index contributed by atoms with van der Waals surface area (Å²) in [6.07, 6.45) is 7.75. The SMILES string of the molecule is C(=Cc1ccco1)CN1CCN(c2ccccn2)CC1. The predicted octanol–water partition coefficient (Wildman–Crippen LogP) is 2.51. The molecule has 1 saturated heterocycles. The second kappa shape index (κ2) is 6.39. The number of nitrogens with zero attached hydrogens (tertiary/aromatic N) is 3. The maximum Gasteiger partial charge on any atom is 0.128 e. The number of aromatic nitrogens is 1. The van der Waals surface area contributed by atoms with Crippen LogP contribution in [0.25, 0.3) is 6.08 Å². The van der Waals surface area contributed by atoms with Crippen molar-refractivity contribution >= 4 is 11.9 Å². The topological polar surface area (TPSA) is 32.5 Å². The molecule has 4 heteroatoms. The van der Waals surface area contributed by atoms with Crippen LogP contribution < -0.4 is 4.90 Å². The zero-order valence-electron chi connectivity index (χ0n) is 11.5. The minimum absolute atomic E-state index is 0.914. The first-order chi connectivity index (χ1) is 9.92. The van der Waals surface area contributed by atoms with Crippen LogP contribution in [-0.2, 0) is 0 Å². The van der Waals surface area contributed by atoms with E-state index in [9.17, 15) is 0 Å². The third-order valence-corrected chi connectivity index (χ3v) is 3.53. The number of hydrogen-bond acceptors (Lipinski definition) is 4. The monoisotopic (exact) mass is 269 g/mol. The highest BCUT2D eigenvalue weighted by atomic mass is 16.3. The van der Waals surface area contributed by atoms with E-state index in [1.54, 1.807) is 6.26 Å². The molecule has 3 rings (SSSR count). The molecule has 0 saturated carbocycles. The van der Waals surface area contributed by atoms with Crippen LogP contribution in [0.2, 0.25) is 0 Å². The van der Waals surface area contributed by atoms with Crippen LogP contribution in [0, 0.1) is 0 Å². The summed E-state index contributed by atoms with van der Waals surface area (Å²) < 4.78 is 5.28. The van der Waals surface area contributed by atoms with Gasteiger partial charge in [0.05, 0.1) is 6.26 Å². The minimum Gasteiger partial charge on any atom is -0.465 e. The van der Waals surface area contributed by atoms with E-state index < -0.39 is 0 Å². The van der Waals surface area contributed by atoms with Gasteiger partial charge in [-0.1, -0.05) is 12.1 Å². The number of hydrogen-bond donors (Lipinski definition) is 0. The van der Waals surface area contributed by atoms with E-state index in [1.807, 2.05) is 36.5 Å². The fourth-order valence-electron chi connectivity index (χ4n) is 2.40. The van der Waals surface area contributed by atoms with E-state index in [2.05, 4.69) is 26.9 Å². The number of rotatable bonds is 4. The average molecular weight is 269 g/mol. The van der Waals surface area contributed by atoms with Crippen LogP contribution in [-0.4, -0.2) is 42.6 Å². The lowest BCUT2D eigenvalue weighted by atomic mass is 10.3. The highest BCUT2D eigenvalue weighted by molar-refractivity contribution is 5.42. The van der Waals surface area contributed by atoms with Crippen molar-refractivity contribution < 1.29 is 4.42 Å². The molecule has 20 heavy (non-hydrogen) atoms. The molecule has 1 aliphatic heterocycles. The summed E-state index contributed by atoms with van der Waals surface area (Å²) in [5, 5.41) is 0. The van der Waals surface area contributed by atoms with Crippen molar-refractivity contribution in [2.75, 3.05) is 37.6 Å². The summed E-state index contributed by atoms with van der Waals surface area (Å²) in [5.74, 6) is 2.00. The van der Waals surface area contributed by atoms with E-state index in [4.69, 9.17) is 4.42 Å². The molecule has 2 aromatic heterocycles. The molecule has 104 valence electrons. The normalized spacial score (nSPS) is 16.9. The van der Waals surface area contributed by atoms with Gasteiger partial charge >= 0.3 is 0 Å². The molecule has 0 N–H and O–H groups in total. The van der Waals surface area contributed by atoms with E-state index >= 15 is 0 Å². The number of anilines is 1. The second-order valence-electron chi connectivity index (χ2n) is 4.89. The summed E-state index contributed by atoms with van der Waals surface area (Å²) in [4.78, 5) is 9.19. The van der Waals surface area contributed by atoms with E-state index in [1.165, 1.54) is 0 Å². The quantitative estimate of drug-likeness (QED) is 0.853. The Hall–Kier alpha value is -2.07. The molecule has 0 aromatic carbocycles. The van der Waals surface area contributed by atoms with Gasteiger partial charge < -0.3 is 9.32 Å². The van der Waals surface area contributed by atoms with Crippen molar-refractivity contribution in [2.45, 2.75) is 0 Å². The first kappa shape index (κ1) is 12.9. The van der Waals surface area contributed by atoms with Gasteiger partial charge in [-0.25, -0.2) is 4.98 Å². The molecule has 0 amide bonds. The molecular weight excluding hydrogens is 250 g/mol. The molecule has 0 bridgehead atoms. The van der Waals surface area contributed by atoms with E-state index in [-0.39, 0.29) is 0 Å². The Labute approximate surface area is 119 Å². The lowest BCUT2D eigenvalue weighted by molar-refractivity contribution is 0.283. The average Bonchev–Trinajstić information content (AvgIpc) is 3.02. The largest absolute Gasteiger partial charge is 0.465 e. The summed E-state index contributed by atoms with van der Waals surface area (Å²) in [7, 11) is 0. The summed E-state index contributed by atoms with van der Waals surface area (Å²) >= 11 is 0. The first-order valence-electron chi connectivity index (χ1n) is 7.00. The fraction of sp³-hybridized carbons (Fsp3) is 0.312. The Morgan fingerprint density at radius 1 is 1.10 bits per heavy atom. The van der Waals surface area contributed by atoms with E-state index in [0.717, 1.165) is 44.3 Å². The van der Waals surface area contributed by atoms with Gasteiger partial charge in [0.1, 0.15) is 11.6 Å². The molecule has 0 unspecified atom stereocenters. The fourth-order valence-corrected chi connectivity index (χ4v) is 2.40. The van der Waals surface area contributed by atoms with Crippen molar-refractivity contribution in [1.82, 2.24) is 9.88 Å². The Morgan fingerprint density at radius 3 is 2.70 bits per heavy atom. The van der Waals surface area contributed by atoms with Crippen molar-refractivity contribution in [2.24, 2.45) is 0 Å². The maximum absolute atomic E-state index is 5.28. The molecule has 0 radical (unpaired) electrons. The molecule has 0 aliphatic carbocycles. The first-order valence-corrected chi connectivity index (χ1v) is 7.00. The van der Waals surface area contributed by atoms with Crippen LogP contribution >= 0.6 is 0 Å². The van der Waals surface area contributed by atoms with Crippen LogP contribution in [0.15, 0.2) is 53.3 Å². The van der Waals surface area contributed by atoms with Gasteiger partial charge in [0.25, 0.3) is 0 Å². The third kappa shape index (κ3) is 3.27. The molecule has 0 spiro atoms. The zero-order valence-corrected chi connectivity index (χ0v) is 11.5. The van der Waals surface area contributed by atoms with Crippen molar-refractivity contribution in [3.8, 4) is 0 Å². The predicted molar refractivity (Wildman–Crippen MR) is 80.6 cm³/mol. The second-order valence-corrected chi connectivity index (χ2v) is 4.89. The van der Waals surface area contributed by atoms with Gasteiger partial charge in [-0.3, -0.25) is 4.90 Å².